The Bertz CT molecular complexity index is 309. The summed E-state index contributed by atoms with van der Waals surface area (Å²) in [5.41, 5.74) is 0.546. The van der Waals surface area contributed by atoms with Gasteiger partial charge in [-0.3, -0.25) is 4.79 Å². The quantitative estimate of drug-likeness (QED) is 0.694. The van der Waals surface area contributed by atoms with Gasteiger partial charge in [-0.15, -0.1) is 0 Å². The summed E-state index contributed by atoms with van der Waals surface area (Å²) in [6.45, 7) is 1.45. The van der Waals surface area contributed by atoms with Crippen molar-refractivity contribution in [2.75, 3.05) is 0 Å². The van der Waals surface area contributed by atoms with Crippen LogP contribution in [0.1, 0.15) is 12.5 Å². The summed E-state index contributed by atoms with van der Waals surface area (Å²) in [7, 11) is 0. The molecule has 0 fully saturated rings. The fourth-order valence-electron chi connectivity index (χ4n) is 0.947. The molecule has 0 saturated carbocycles. The highest BCUT2D eigenvalue weighted by atomic mass is 35.5. The monoisotopic (exact) mass is 186 g/mol. The van der Waals surface area contributed by atoms with Gasteiger partial charge in [0.2, 0.25) is 0 Å². The molecule has 0 aliphatic carbocycles. The van der Waals surface area contributed by atoms with E-state index < -0.39 is 0 Å². The Morgan fingerprint density at radius 1 is 1.58 bits per heavy atom. The van der Waals surface area contributed by atoms with E-state index in [1.165, 1.54) is 25.1 Å². The molecule has 1 aromatic rings. The van der Waals surface area contributed by atoms with E-state index in [-0.39, 0.29) is 18.0 Å². The zero-order valence-electron chi connectivity index (χ0n) is 6.60. The van der Waals surface area contributed by atoms with Crippen LogP contribution in [-0.4, -0.2) is 5.78 Å². The second-order valence-electron chi connectivity index (χ2n) is 2.61. The van der Waals surface area contributed by atoms with E-state index in [4.69, 9.17) is 11.6 Å². The molecule has 64 valence electrons. The van der Waals surface area contributed by atoms with Crippen molar-refractivity contribution in [1.29, 1.82) is 0 Å². The topological polar surface area (TPSA) is 17.1 Å². The summed E-state index contributed by atoms with van der Waals surface area (Å²) >= 11 is 5.72. The van der Waals surface area contributed by atoms with Crippen molar-refractivity contribution < 1.29 is 9.18 Å². The van der Waals surface area contributed by atoms with Gasteiger partial charge < -0.3 is 0 Å². The lowest BCUT2D eigenvalue weighted by Crippen LogP contribution is -1.97. The van der Waals surface area contributed by atoms with Crippen LogP contribution in [0.4, 0.5) is 4.39 Å². The molecule has 0 aliphatic rings. The van der Waals surface area contributed by atoms with Crippen LogP contribution in [0.15, 0.2) is 18.2 Å². The maximum atomic E-state index is 12.6. The molecule has 0 unspecified atom stereocenters. The molecular formula is C9H8ClFO. The summed E-state index contributed by atoms with van der Waals surface area (Å²) < 4.78 is 12.6. The maximum Gasteiger partial charge on any atom is 0.134 e. The molecule has 0 radical (unpaired) electrons. The van der Waals surface area contributed by atoms with Gasteiger partial charge in [0.25, 0.3) is 0 Å². The van der Waals surface area contributed by atoms with Crippen LogP contribution in [0.2, 0.25) is 5.02 Å². The molecule has 0 saturated heterocycles. The van der Waals surface area contributed by atoms with Crippen LogP contribution in [0.5, 0.6) is 0 Å². The Morgan fingerprint density at radius 2 is 2.25 bits per heavy atom. The maximum absolute atomic E-state index is 12.6. The number of benzene rings is 1. The summed E-state index contributed by atoms with van der Waals surface area (Å²) in [6, 6.07) is 4.00. The van der Waals surface area contributed by atoms with E-state index in [0.717, 1.165) is 0 Å². The van der Waals surface area contributed by atoms with Gasteiger partial charge >= 0.3 is 0 Å². The lowest BCUT2D eigenvalue weighted by Gasteiger charge is -2.00. The van der Waals surface area contributed by atoms with Crippen molar-refractivity contribution in [3.8, 4) is 0 Å². The lowest BCUT2D eigenvalue weighted by atomic mass is 10.1. The highest BCUT2D eigenvalue weighted by Gasteiger charge is 2.03. The normalized spacial score (nSPS) is 9.92. The van der Waals surface area contributed by atoms with Gasteiger partial charge in [-0.2, -0.15) is 0 Å². The largest absolute Gasteiger partial charge is 0.300 e. The van der Waals surface area contributed by atoms with E-state index >= 15 is 0 Å². The van der Waals surface area contributed by atoms with E-state index in [9.17, 15) is 9.18 Å². The number of ketones is 1. The molecule has 0 aliphatic heterocycles. The molecule has 3 heteroatoms. The Labute approximate surface area is 75.2 Å². The minimum absolute atomic E-state index is 0.0255. The fourth-order valence-corrected chi connectivity index (χ4v) is 1.13. The molecule has 0 heterocycles. The van der Waals surface area contributed by atoms with Crippen LogP contribution in [0.25, 0.3) is 0 Å². The first-order valence-corrected chi connectivity index (χ1v) is 3.91. The molecular weight excluding hydrogens is 179 g/mol. The van der Waals surface area contributed by atoms with Crippen molar-refractivity contribution in [3.05, 3.63) is 34.6 Å². The van der Waals surface area contributed by atoms with Crippen molar-refractivity contribution in [2.45, 2.75) is 13.3 Å². The first kappa shape index (κ1) is 9.20. The first-order valence-electron chi connectivity index (χ1n) is 3.53. The number of carbonyl (C=O) groups is 1. The minimum atomic E-state index is -0.365. The Kier molecular flexibility index (Phi) is 2.82. The third-order valence-electron chi connectivity index (χ3n) is 1.45. The zero-order valence-corrected chi connectivity index (χ0v) is 7.36. The highest BCUT2D eigenvalue weighted by molar-refractivity contribution is 6.31. The molecule has 0 spiro atoms. The lowest BCUT2D eigenvalue weighted by molar-refractivity contribution is -0.116. The smallest absolute Gasteiger partial charge is 0.134 e. The second-order valence-corrected chi connectivity index (χ2v) is 3.02. The number of hydrogen-bond donors (Lipinski definition) is 0. The van der Waals surface area contributed by atoms with Crippen LogP contribution >= 0.6 is 11.6 Å². The Hall–Kier alpha value is -0.890. The second kappa shape index (κ2) is 3.68. The molecule has 1 rings (SSSR count). The van der Waals surface area contributed by atoms with E-state index in [1.54, 1.807) is 0 Å². The molecule has 0 aromatic heterocycles. The van der Waals surface area contributed by atoms with Crippen molar-refractivity contribution >= 4 is 17.4 Å². The molecule has 1 nitrogen and oxygen atoms in total. The van der Waals surface area contributed by atoms with Crippen LogP contribution in [0, 0.1) is 5.82 Å². The van der Waals surface area contributed by atoms with Crippen molar-refractivity contribution in [3.63, 3.8) is 0 Å². The predicted molar refractivity (Wildman–Crippen MR) is 45.8 cm³/mol. The molecule has 1 aromatic carbocycles. The summed E-state index contributed by atoms with van der Waals surface area (Å²) in [5.74, 6) is -0.391. The Morgan fingerprint density at radius 3 is 2.83 bits per heavy atom. The summed E-state index contributed by atoms with van der Waals surface area (Å²) in [5, 5.41) is 0.437. The van der Waals surface area contributed by atoms with Crippen molar-refractivity contribution in [2.24, 2.45) is 0 Å². The molecule has 0 bridgehead atoms. The first-order chi connectivity index (χ1) is 5.59. The van der Waals surface area contributed by atoms with E-state index in [0.29, 0.717) is 10.6 Å². The molecule has 0 amide bonds. The van der Waals surface area contributed by atoms with Gasteiger partial charge in [-0.05, 0) is 30.7 Å². The third kappa shape index (κ3) is 2.31. The van der Waals surface area contributed by atoms with Gasteiger partial charge in [0.1, 0.15) is 11.6 Å². The van der Waals surface area contributed by atoms with E-state index in [2.05, 4.69) is 0 Å². The third-order valence-corrected chi connectivity index (χ3v) is 1.82. The summed E-state index contributed by atoms with van der Waals surface area (Å²) in [6.07, 6.45) is 0.191. The predicted octanol–water partition coefficient (Wildman–Crippen LogP) is 2.61. The summed E-state index contributed by atoms with van der Waals surface area (Å²) in [4.78, 5) is 10.7. The van der Waals surface area contributed by atoms with Crippen LogP contribution in [-0.2, 0) is 11.2 Å². The highest BCUT2D eigenvalue weighted by Crippen LogP contribution is 2.17. The Balaban J connectivity index is 2.97. The van der Waals surface area contributed by atoms with E-state index in [1.807, 2.05) is 0 Å². The van der Waals surface area contributed by atoms with Gasteiger partial charge in [-0.25, -0.2) is 4.39 Å². The zero-order chi connectivity index (χ0) is 9.14. The molecule has 0 atom stereocenters. The van der Waals surface area contributed by atoms with Gasteiger partial charge in [0.15, 0.2) is 0 Å². The number of carbonyl (C=O) groups excluding carboxylic acids is 1. The average Bonchev–Trinajstić information content (AvgIpc) is 1.96. The minimum Gasteiger partial charge on any atom is -0.300 e. The number of halogens is 2. The molecule has 0 N–H and O–H groups in total. The van der Waals surface area contributed by atoms with Crippen molar-refractivity contribution in [1.82, 2.24) is 0 Å². The van der Waals surface area contributed by atoms with Crippen LogP contribution in [0.3, 0.4) is 0 Å². The number of hydrogen-bond acceptors (Lipinski definition) is 1. The SMILES string of the molecule is CC(=O)Cc1cc(F)ccc1Cl. The fraction of sp³-hybridized carbons (Fsp3) is 0.222. The number of rotatable bonds is 2. The average molecular weight is 187 g/mol. The van der Waals surface area contributed by atoms with Gasteiger partial charge in [-0.1, -0.05) is 11.6 Å². The van der Waals surface area contributed by atoms with Crippen LogP contribution < -0.4 is 0 Å². The standard InChI is InChI=1S/C9H8ClFO/c1-6(12)4-7-5-8(11)2-3-9(7)10/h2-3,5H,4H2,1H3. The van der Waals surface area contributed by atoms with Gasteiger partial charge in [0, 0.05) is 11.4 Å². The van der Waals surface area contributed by atoms with Gasteiger partial charge in [0.05, 0.1) is 0 Å². The molecule has 12 heavy (non-hydrogen) atoms. The number of Topliss-reactive ketones (excluding diaryl/α,β-unsaturated/α-hetero) is 1.